The molecule has 1 unspecified atom stereocenters. The number of aromatic amines is 1. The first-order chi connectivity index (χ1) is 18.9. The highest BCUT2D eigenvalue weighted by Crippen LogP contribution is 2.32. The second-order valence-corrected chi connectivity index (χ2v) is 10.8. The summed E-state index contributed by atoms with van der Waals surface area (Å²) in [6.07, 6.45) is 6.91. The number of hydrogen-bond donors (Lipinski definition) is 2. The highest BCUT2D eigenvalue weighted by molar-refractivity contribution is 9.10. The van der Waals surface area contributed by atoms with Gasteiger partial charge in [0.15, 0.2) is 0 Å². The number of H-pyrrole nitrogens is 1. The fourth-order valence-corrected chi connectivity index (χ4v) is 5.55. The number of amides is 2. The second kappa shape index (κ2) is 11.8. The molecule has 0 saturated heterocycles. The molecule has 0 radical (unpaired) electrons. The molecule has 4 aromatic rings. The lowest BCUT2D eigenvalue weighted by molar-refractivity contribution is -0.384. The third-order valence-corrected chi connectivity index (χ3v) is 7.80. The number of nitrogens with one attached hydrogen (secondary N) is 2. The number of hydrogen-bond acceptors (Lipinski definition) is 4. The van der Waals surface area contributed by atoms with E-state index in [1.807, 2.05) is 42.6 Å². The molecular weight excluding hydrogens is 560 g/mol. The van der Waals surface area contributed by atoms with Gasteiger partial charge in [-0.3, -0.25) is 24.6 Å². The summed E-state index contributed by atoms with van der Waals surface area (Å²) in [7, 11) is 0. The van der Waals surface area contributed by atoms with Crippen molar-refractivity contribution >= 4 is 50.0 Å². The van der Waals surface area contributed by atoms with Crippen molar-refractivity contribution in [2.75, 3.05) is 4.90 Å². The smallest absolute Gasteiger partial charge is 0.269 e. The molecular formula is C30H29BrN4O4. The number of non-ortho nitro benzene ring substituents is 1. The molecule has 9 heteroatoms. The summed E-state index contributed by atoms with van der Waals surface area (Å²) in [5.74, 6) is -0.560. The Morgan fingerprint density at radius 2 is 1.69 bits per heavy atom. The molecule has 1 aliphatic rings. The zero-order valence-corrected chi connectivity index (χ0v) is 22.9. The minimum Gasteiger partial charge on any atom is -0.361 e. The topological polar surface area (TPSA) is 108 Å². The fourth-order valence-electron chi connectivity index (χ4n) is 5.29. The van der Waals surface area contributed by atoms with Gasteiger partial charge in [0.1, 0.15) is 6.04 Å². The van der Waals surface area contributed by atoms with E-state index in [0.717, 1.165) is 53.0 Å². The maximum atomic E-state index is 14.1. The zero-order chi connectivity index (χ0) is 27.4. The molecule has 1 atom stereocenters. The molecule has 1 fully saturated rings. The van der Waals surface area contributed by atoms with Crippen molar-refractivity contribution < 1.29 is 14.5 Å². The highest BCUT2D eigenvalue weighted by Gasteiger charge is 2.34. The Bertz CT molecular complexity index is 1480. The van der Waals surface area contributed by atoms with Crippen molar-refractivity contribution in [2.24, 2.45) is 0 Å². The van der Waals surface area contributed by atoms with Gasteiger partial charge in [0.2, 0.25) is 11.8 Å². The Morgan fingerprint density at radius 3 is 2.38 bits per heavy atom. The third kappa shape index (κ3) is 6.04. The van der Waals surface area contributed by atoms with Crippen molar-refractivity contribution in [1.29, 1.82) is 0 Å². The van der Waals surface area contributed by atoms with E-state index in [4.69, 9.17) is 0 Å². The first-order valence-corrected chi connectivity index (χ1v) is 13.9. The molecule has 1 saturated carbocycles. The largest absolute Gasteiger partial charge is 0.361 e. The molecule has 0 aliphatic heterocycles. The van der Waals surface area contributed by atoms with Crippen LogP contribution in [0.4, 0.5) is 11.4 Å². The average molecular weight is 589 g/mol. The number of fused-ring (bicyclic) bond motifs is 1. The van der Waals surface area contributed by atoms with E-state index >= 15 is 0 Å². The van der Waals surface area contributed by atoms with Crippen LogP contribution in [0.15, 0.2) is 83.5 Å². The number of carbonyl (C=O) groups excluding carboxylic acids is 2. The molecule has 5 rings (SSSR count). The number of benzene rings is 3. The number of para-hydroxylation sites is 1. The van der Waals surface area contributed by atoms with Crippen molar-refractivity contribution in [1.82, 2.24) is 10.3 Å². The van der Waals surface area contributed by atoms with Crippen LogP contribution < -0.4 is 10.2 Å². The Hall–Kier alpha value is -3.98. The van der Waals surface area contributed by atoms with Crippen molar-refractivity contribution in [3.8, 4) is 0 Å². The van der Waals surface area contributed by atoms with Gasteiger partial charge >= 0.3 is 0 Å². The van der Waals surface area contributed by atoms with E-state index in [9.17, 15) is 19.7 Å². The number of anilines is 1. The van der Waals surface area contributed by atoms with E-state index in [1.54, 1.807) is 24.3 Å². The summed E-state index contributed by atoms with van der Waals surface area (Å²) in [5, 5.41) is 15.4. The molecule has 0 bridgehead atoms. The third-order valence-electron chi connectivity index (χ3n) is 7.27. The van der Waals surface area contributed by atoms with Crippen LogP contribution in [0.1, 0.15) is 49.3 Å². The Balaban J connectivity index is 1.56. The first-order valence-electron chi connectivity index (χ1n) is 13.1. The molecule has 1 heterocycles. The maximum Gasteiger partial charge on any atom is 0.269 e. The predicted molar refractivity (Wildman–Crippen MR) is 154 cm³/mol. The standard InChI is InChI=1S/C30H29BrN4O4/c31-22-12-16-24(17-13-22)34(28(36)18-21-19-32-27-9-5-4-8-26(21)27)29(20-10-14-25(15-11-20)35(38)39)30(37)33-23-6-2-1-3-7-23/h4-5,8-17,19,23,29,32H,1-3,6-7,18H2,(H,33,37). The van der Waals surface area contributed by atoms with E-state index < -0.39 is 11.0 Å². The summed E-state index contributed by atoms with van der Waals surface area (Å²) < 4.78 is 0.842. The van der Waals surface area contributed by atoms with Crippen LogP contribution in [0, 0.1) is 10.1 Å². The van der Waals surface area contributed by atoms with E-state index in [-0.39, 0.29) is 30.0 Å². The highest BCUT2D eigenvalue weighted by atomic mass is 79.9. The van der Waals surface area contributed by atoms with Crippen LogP contribution in [0.5, 0.6) is 0 Å². The van der Waals surface area contributed by atoms with Gasteiger partial charge in [0.25, 0.3) is 5.69 Å². The Labute approximate surface area is 234 Å². The van der Waals surface area contributed by atoms with Crippen LogP contribution in [0.3, 0.4) is 0 Å². The number of rotatable bonds is 8. The lowest BCUT2D eigenvalue weighted by atomic mass is 9.94. The number of nitrogens with zero attached hydrogens (tertiary/aromatic N) is 2. The Morgan fingerprint density at radius 1 is 1.00 bits per heavy atom. The van der Waals surface area contributed by atoms with Crippen LogP contribution in [0.25, 0.3) is 10.9 Å². The fraction of sp³-hybridized carbons (Fsp3) is 0.267. The van der Waals surface area contributed by atoms with Crippen LogP contribution >= 0.6 is 15.9 Å². The lowest BCUT2D eigenvalue weighted by Gasteiger charge is -2.33. The number of nitro benzene ring substituents is 1. The van der Waals surface area contributed by atoms with Crippen molar-refractivity contribution in [2.45, 2.75) is 50.6 Å². The number of aromatic nitrogens is 1. The normalized spacial score (nSPS) is 14.6. The number of nitro groups is 1. The van der Waals surface area contributed by atoms with Gasteiger partial charge in [0, 0.05) is 45.4 Å². The number of carbonyl (C=O) groups is 2. The van der Waals surface area contributed by atoms with Crippen LogP contribution in [-0.4, -0.2) is 27.8 Å². The molecule has 3 aromatic carbocycles. The quantitative estimate of drug-likeness (QED) is 0.178. The first kappa shape index (κ1) is 26.6. The zero-order valence-electron chi connectivity index (χ0n) is 21.3. The predicted octanol–water partition coefficient (Wildman–Crippen LogP) is 6.60. The SMILES string of the molecule is O=C(NC1CCCCC1)C(c1ccc([N+](=O)[O-])cc1)N(C(=O)Cc1c[nH]c2ccccc12)c1ccc(Br)cc1. The van der Waals surface area contributed by atoms with Gasteiger partial charge in [-0.05, 0) is 66.4 Å². The van der Waals surface area contributed by atoms with Gasteiger partial charge in [0.05, 0.1) is 11.3 Å². The van der Waals surface area contributed by atoms with E-state index in [2.05, 4.69) is 26.2 Å². The molecule has 0 spiro atoms. The van der Waals surface area contributed by atoms with Gasteiger partial charge in [-0.25, -0.2) is 0 Å². The van der Waals surface area contributed by atoms with Crippen LogP contribution in [-0.2, 0) is 16.0 Å². The van der Waals surface area contributed by atoms with Gasteiger partial charge in [-0.15, -0.1) is 0 Å². The Kier molecular flexibility index (Phi) is 8.07. The summed E-state index contributed by atoms with van der Waals surface area (Å²) in [6, 6.07) is 19.9. The molecule has 200 valence electrons. The van der Waals surface area contributed by atoms with Gasteiger partial charge < -0.3 is 10.3 Å². The minimum absolute atomic E-state index is 0.0299. The molecule has 39 heavy (non-hydrogen) atoms. The second-order valence-electron chi connectivity index (χ2n) is 9.87. The van der Waals surface area contributed by atoms with Crippen LogP contribution in [0.2, 0.25) is 0 Å². The molecule has 2 amide bonds. The summed E-state index contributed by atoms with van der Waals surface area (Å²) >= 11 is 3.45. The summed E-state index contributed by atoms with van der Waals surface area (Å²) in [6.45, 7) is 0. The van der Waals surface area contributed by atoms with Gasteiger partial charge in [-0.2, -0.15) is 0 Å². The van der Waals surface area contributed by atoms with Crippen molar-refractivity contribution in [3.05, 3.63) is 105 Å². The van der Waals surface area contributed by atoms with Gasteiger partial charge in [-0.1, -0.05) is 53.4 Å². The summed E-state index contributed by atoms with van der Waals surface area (Å²) in [4.78, 5) is 43.7. The average Bonchev–Trinajstić information content (AvgIpc) is 3.35. The maximum absolute atomic E-state index is 14.1. The van der Waals surface area contributed by atoms with E-state index in [1.165, 1.54) is 17.0 Å². The summed E-state index contributed by atoms with van der Waals surface area (Å²) in [5.41, 5.74) is 2.74. The molecule has 8 nitrogen and oxygen atoms in total. The molecule has 1 aromatic heterocycles. The monoisotopic (exact) mass is 588 g/mol. The lowest BCUT2D eigenvalue weighted by Crippen LogP contribution is -2.47. The van der Waals surface area contributed by atoms with Crippen molar-refractivity contribution in [3.63, 3.8) is 0 Å². The van der Waals surface area contributed by atoms with E-state index in [0.29, 0.717) is 11.3 Å². The molecule has 1 aliphatic carbocycles. The molecule has 2 N–H and O–H groups in total. The number of halogens is 1. The minimum atomic E-state index is -1.01.